The van der Waals surface area contributed by atoms with E-state index in [1.807, 2.05) is 0 Å². The minimum Gasteiger partial charge on any atom is -0.336 e. The predicted octanol–water partition coefficient (Wildman–Crippen LogP) is 7.53. The molecule has 1 aromatic heterocycles. The Kier molecular flexibility index (Phi) is 5.86. The summed E-state index contributed by atoms with van der Waals surface area (Å²) < 4.78 is 219. The SMILES string of the molecule is [2H]c1c([2H])c(CSc2nc(=O)c3c(n2C([2H])([2H])C(=O)N(CCN(CC)CC)Cc2c([2H])c([2H])c(-c4c([2H])c([2H])c(C(F)(F)F)c(C)c4[2H])c([2H])c2[2H])C([2H])([2H])C([2H])([2H])C3([2H])[2H])c([2H])c([2H])c1F. The minimum absolute atomic E-state index is 0.0847. The molecule has 4 aromatic rings. The second kappa shape index (κ2) is 15.5. The molecule has 0 unspecified atom stereocenters. The summed E-state index contributed by atoms with van der Waals surface area (Å²) in [4.78, 5) is 34.7. The maximum absolute atomic E-state index is 15.0. The number of nitrogens with zero attached hydrogens (tertiary/aromatic N) is 4. The van der Waals surface area contributed by atoms with Crippen molar-refractivity contribution in [2.75, 3.05) is 26.2 Å². The number of fused-ring (bicyclic) bond motifs is 1. The van der Waals surface area contributed by atoms with Crippen molar-refractivity contribution in [2.24, 2.45) is 0 Å². The van der Waals surface area contributed by atoms with Gasteiger partial charge in [0.25, 0.3) is 5.56 Å². The third-order valence-electron chi connectivity index (χ3n) is 7.06. The molecule has 48 heavy (non-hydrogen) atoms. The third-order valence-corrected chi connectivity index (χ3v) is 8.02. The highest BCUT2D eigenvalue weighted by molar-refractivity contribution is 7.98. The van der Waals surface area contributed by atoms with E-state index in [0.717, 1.165) is 6.92 Å². The molecule has 0 radical (unpaired) electrons. The summed E-state index contributed by atoms with van der Waals surface area (Å²) in [6, 6.07) is -11.7. The molecule has 11 heteroatoms. The van der Waals surface area contributed by atoms with Crippen LogP contribution in [0.2, 0.25) is 0 Å². The number of carbonyl (C=O) groups excluding carboxylic acids is 1. The van der Waals surface area contributed by atoms with Crippen LogP contribution in [0.5, 0.6) is 0 Å². The lowest BCUT2D eigenvalue weighted by Gasteiger charge is -2.28. The lowest BCUT2D eigenvalue weighted by molar-refractivity contribution is -0.138. The normalized spacial score (nSPS) is 22.0. The maximum Gasteiger partial charge on any atom is 0.416 e. The van der Waals surface area contributed by atoms with Gasteiger partial charge in [-0.1, -0.05) is 73.9 Å². The number of amides is 1. The number of halogens is 4. The summed E-state index contributed by atoms with van der Waals surface area (Å²) in [5.41, 5.74) is -9.58. The summed E-state index contributed by atoms with van der Waals surface area (Å²) in [6.07, 6.45) is -16.0. The highest BCUT2D eigenvalue weighted by atomic mass is 32.2. The quantitative estimate of drug-likeness (QED) is 0.0821. The number of likely N-dealkylation sites (N-methyl/N-ethyl adjacent to an activating group) is 1. The first-order chi connectivity index (χ1) is 30.6. The van der Waals surface area contributed by atoms with E-state index >= 15 is 0 Å². The van der Waals surface area contributed by atoms with E-state index in [1.54, 1.807) is 18.7 Å². The summed E-state index contributed by atoms with van der Waals surface area (Å²) in [5, 5.41) is -0.976. The molecule has 254 valence electrons. The first kappa shape index (κ1) is 18.2. The first-order valence-corrected chi connectivity index (χ1v) is 15.4. The fourth-order valence-corrected chi connectivity index (χ4v) is 5.31. The van der Waals surface area contributed by atoms with E-state index in [2.05, 4.69) is 4.98 Å². The second-order valence-corrected chi connectivity index (χ2v) is 11.1. The molecule has 0 fully saturated rings. The maximum atomic E-state index is 15.0. The molecule has 0 bridgehead atoms. The van der Waals surface area contributed by atoms with Crippen LogP contribution in [-0.2, 0) is 42.5 Å². The zero-order valence-electron chi connectivity index (χ0n) is 44.8. The highest BCUT2D eigenvalue weighted by Crippen LogP contribution is 2.34. The van der Waals surface area contributed by atoms with Crippen LogP contribution in [0.4, 0.5) is 17.6 Å². The Balaban J connectivity index is 1.76. The molecule has 5 rings (SSSR count). The molecule has 0 saturated carbocycles. The van der Waals surface area contributed by atoms with Gasteiger partial charge in [-0.3, -0.25) is 9.59 Å². The van der Waals surface area contributed by atoms with Gasteiger partial charge < -0.3 is 14.4 Å². The molecule has 3 aromatic carbocycles. The number of aromatic nitrogens is 2. The van der Waals surface area contributed by atoms with Crippen molar-refractivity contribution in [3.63, 3.8) is 0 Å². The molecular weight excluding hydrogens is 640 g/mol. The lowest BCUT2D eigenvalue weighted by atomic mass is 9.98. The van der Waals surface area contributed by atoms with Crippen LogP contribution < -0.4 is 5.56 Å². The average molecular weight is 700 g/mol. The Hall–Kier alpha value is -3.96. The smallest absolute Gasteiger partial charge is 0.336 e. The molecule has 1 amide bonds. The van der Waals surface area contributed by atoms with Crippen molar-refractivity contribution in [2.45, 2.75) is 70.0 Å². The Labute approximate surface area is 309 Å². The van der Waals surface area contributed by atoms with Gasteiger partial charge in [-0.2, -0.15) is 18.2 Å². The van der Waals surface area contributed by atoms with Crippen molar-refractivity contribution < 1.29 is 48.4 Å². The van der Waals surface area contributed by atoms with Crippen molar-refractivity contribution >= 4 is 17.7 Å². The second-order valence-electron chi connectivity index (χ2n) is 10.2. The number of alkyl halides is 3. The van der Waals surface area contributed by atoms with Crippen LogP contribution in [0.3, 0.4) is 0 Å². The Morgan fingerprint density at radius 1 is 1.00 bits per heavy atom. The van der Waals surface area contributed by atoms with Crippen LogP contribution in [0.1, 0.15) is 79.8 Å². The summed E-state index contributed by atoms with van der Waals surface area (Å²) in [6.45, 7) is -0.417. The molecule has 0 aliphatic heterocycles. The van der Waals surface area contributed by atoms with Gasteiger partial charge in [-0.25, -0.2) is 4.39 Å². The first-order valence-electron chi connectivity index (χ1n) is 24.0. The van der Waals surface area contributed by atoms with Gasteiger partial charge in [0.1, 0.15) is 12.3 Å². The van der Waals surface area contributed by atoms with Crippen molar-refractivity contribution in [1.29, 1.82) is 0 Å². The van der Waals surface area contributed by atoms with Crippen LogP contribution in [0, 0.1) is 12.7 Å². The zero-order valence-corrected chi connectivity index (χ0v) is 26.6. The average Bonchev–Trinajstić information content (AvgIpc) is 3.35. The van der Waals surface area contributed by atoms with Crippen LogP contribution >= 0.6 is 11.8 Å². The zero-order chi connectivity index (χ0) is 51.2. The minimum atomic E-state index is -5.18. The molecule has 1 aliphatic carbocycles. The van der Waals surface area contributed by atoms with Gasteiger partial charge in [0.2, 0.25) is 5.91 Å². The van der Waals surface area contributed by atoms with Gasteiger partial charge in [0.15, 0.2) is 5.16 Å². The monoisotopic (exact) mass is 699 g/mol. The van der Waals surface area contributed by atoms with E-state index in [1.165, 1.54) is 0 Å². The third kappa shape index (κ3) is 8.54. The molecule has 1 heterocycles. The van der Waals surface area contributed by atoms with E-state index < -0.39 is 184 Å². The van der Waals surface area contributed by atoms with E-state index in [4.69, 9.17) is 23.3 Å². The Bertz CT molecular complexity index is 2680. The largest absolute Gasteiger partial charge is 0.416 e. The van der Waals surface area contributed by atoms with Crippen LogP contribution in [0.25, 0.3) is 11.1 Å². The van der Waals surface area contributed by atoms with Gasteiger partial charge in [-0.05, 0) is 85.1 Å². The van der Waals surface area contributed by atoms with Crippen LogP contribution in [-0.4, -0.2) is 51.4 Å². The fraction of sp³-hybridized carbons (Fsp3) is 0.378. The van der Waals surface area contributed by atoms with Crippen molar-refractivity contribution in [3.8, 4) is 11.1 Å². The van der Waals surface area contributed by atoms with Crippen LogP contribution in [0.15, 0.2) is 76.4 Å². The van der Waals surface area contributed by atoms with Gasteiger partial charge >= 0.3 is 6.18 Å². The standard InChI is InChI=1S/C37H40F4N4O2S/c1-4-43(5-2)19-20-44(22-26-9-13-28(14-10-26)29-15-18-32(25(3)21-29)37(39,40)41)34(46)23-45-33-8-6-7-31(33)35(47)42-36(45)48-24-27-11-16-30(38)17-12-27/h9-18,21H,4-8,19-20,22-24H2,1-3H3/i6D2,7D2,8D2,9D,10D,11D,12D,13D,14D,15D,16D,17D,18D,21D,23D2. The van der Waals surface area contributed by atoms with Gasteiger partial charge in [0, 0.05) is 44.9 Å². The number of hydrogen-bond acceptors (Lipinski definition) is 5. The number of carbonyl (C=O) groups is 1. The lowest BCUT2D eigenvalue weighted by Crippen LogP contribution is -2.40. The molecule has 1 aliphatic rings. The molecular formula is C37H40F4N4O2S. The number of rotatable bonds is 13. The fourth-order valence-electron chi connectivity index (χ4n) is 4.48. The molecule has 0 spiro atoms. The Morgan fingerprint density at radius 2 is 1.67 bits per heavy atom. The molecule has 6 nitrogen and oxygen atoms in total. The summed E-state index contributed by atoms with van der Waals surface area (Å²) in [7, 11) is 0. The molecule has 0 atom stereocenters. The molecule has 0 saturated heterocycles. The van der Waals surface area contributed by atoms with Crippen molar-refractivity contribution in [1.82, 2.24) is 19.4 Å². The number of benzene rings is 3. The topological polar surface area (TPSA) is 58.4 Å². The highest BCUT2D eigenvalue weighted by Gasteiger charge is 2.32. The van der Waals surface area contributed by atoms with Gasteiger partial charge in [-0.15, -0.1) is 0 Å². The number of hydrogen-bond donors (Lipinski definition) is 0. The summed E-state index contributed by atoms with van der Waals surface area (Å²) >= 11 is 0.209. The number of thioether (sulfide) groups is 1. The molecule has 0 N–H and O–H groups in total. The predicted molar refractivity (Wildman–Crippen MR) is 181 cm³/mol. The van der Waals surface area contributed by atoms with Crippen molar-refractivity contribution in [3.05, 3.63) is 116 Å². The van der Waals surface area contributed by atoms with E-state index in [9.17, 15) is 29.9 Å². The Morgan fingerprint density at radius 3 is 2.33 bits per heavy atom. The summed E-state index contributed by atoms with van der Waals surface area (Å²) in [5.74, 6) is -4.02. The van der Waals surface area contributed by atoms with Gasteiger partial charge in [0.05, 0.1) is 23.4 Å². The van der Waals surface area contributed by atoms with E-state index in [0.29, 0.717) is 18.0 Å². The van der Waals surface area contributed by atoms with E-state index in [-0.39, 0.29) is 22.9 Å².